The molecule has 1 unspecified atom stereocenters. The Morgan fingerprint density at radius 1 is 0.324 bits per heavy atom. The van der Waals surface area contributed by atoms with E-state index in [4.69, 9.17) is 0 Å². The Hall–Kier alpha value is -8.56. The number of anilines is 3. The summed E-state index contributed by atoms with van der Waals surface area (Å²) in [6, 6.07) is 99.4. The Labute approximate surface area is 419 Å². The predicted molar refractivity (Wildman–Crippen MR) is 300 cm³/mol. The average molecular weight is 922 g/mol. The summed E-state index contributed by atoms with van der Waals surface area (Å²) in [5.74, 6) is 0. The first-order valence-corrected chi connectivity index (χ1v) is 25.5. The van der Waals surface area contributed by atoms with Crippen LogP contribution in [-0.2, 0) is 10.8 Å². The number of thiophene rings is 1. The summed E-state index contributed by atoms with van der Waals surface area (Å²) < 4.78 is 2.55. The molecule has 1 aromatic heterocycles. The number of rotatable bonds is 8. The normalized spacial score (nSPS) is 15.0. The van der Waals surface area contributed by atoms with Crippen LogP contribution >= 0.6 is 11.3 Å². The van der Waals surface area contributed by atoms with Crippen molar-refractivity contribution >= 4 is 48.6 Å². The Morgan fingerprint density at radius 2 is 0.817 bits per heavy atom. The van der Waals surface area contributed by atoms with Gasteiger partial charge in [-0.15, -0.1) is 11.3 Å². The molecule has 0 saturated heterocycles. The van der Waals surface area contributed by atoms with E-state index in [1.54, 1.807) is 0 Å². The van der Waals surface area contributed by atoms with E-state index >= 15 is 0 Å². The molecule has 1 atom stereocenters. The van der Waals surface area contributed by atoms with Crippen LogP contribution in [0.2, 0.25) is 0 Å². The van der Waals surface area contributed by atoms with E-state index in [0.29, 0.717) is 0 Å². The molecule has 12 aromatic rings. The van der Waals surface area contributed by atoms with Gasteiger partial charge in [-0.05, 0) is 127 Å². The molecule has 2 aliphatic rings. The number of benzene rings is 11. The zero-order valence-electron chi connectivity index (χ0n) is 39.3. The number of nitrogens with zero attached hydrogens (tertiary/aromatic N) is 1. The summed E-state index contributed by atoms with van der Waals surface area (Å²) in [6.45, 7) is 2.40. The van der Waals surface area contributed by atoms with Gasteiger partial charge in [-0.1, -0.05) is 224 Å². The third-order valence-electron chi connectivity index (χ3n) is 15.7. The minimum absolute atomic E-state index is 0.269. The van der Waals surface area contributed by atoms with Crippen LogP contribution in [0.15, 0.2) is 267 Å². The molecule has 11 aromatic carbocycles. The maximum Gasteiger partial charge on any atom is 0.0713 e. The molecule has 1 heterocycles. The lowest BCUT2D eigenvalue weighted by molar-refractivity contribution is 0.714. The maximum absolute atomic E-state index is 2.51. The van der Waals surface area contributed by atoms with Gasteiger partial charge < -0.3 is 4.90 Å². The van der Waals surface area contributed by atoms with Gasteiger partial charge in [0, 0.05) is 32.1 Å². The second-order valence-corrected chi connectivity index (χ2v) is 20.3. The molecule has 0 spiro atoms. The lowest BCUT2D eigenvalue weighted by Gasteiger charge is -2.34. The zero-order valence-corrected chi connectivity index (χ0v) is 40.1. The van der Waals surface area contributed by atoms with E-state index < -0.39 is 5.41 Å². The highest BCUT2D eigenvalue weighted by atomic mass is 32.1. The summed E-state index contributed by atoms with van der Waals surface area (Å²) in [5.41, 5.74) is 21.7. The van der Waals surface area contributed by atoms with Gasteiger partial charge in [-0.2, -0.15) is 0 Å². The first-order chi connectivity index (χ1) is 35.1. The van der Waals surface area contributed by atoms with Crippen molar-refractivity contribution in [2.75, 3.05) is 4.90 Å². The molecule has 2 aliphatic carbocycles. The molecular formula is C69H47NS. The van der Waals surface area contributed by atoms with Crippen molar-refractivity contribution in [3.63, 3.8) is 0 Å². The second kappa shape index (κ2) is 16.3. The van der Waals surface area contributed by atoms with Crippen molar-refractivity contribution in [1.29, 1.82) is 0 Å². The van der Waals surface area contributed by atoms with Crippen molar-refractivity contribution in [1.82, 2.24) is 0 Å². The molecule has 0 N–H and O–H groups in total. The number of hydrogen-bond acceptors (Lipinski definition) is 2. The predicted octanol–water partition coefficient (Wildman–Crippen LogP) is 18.6. The number of hydrogen-bond donors (Lipinski definition) is 0. The SMILES string of the molecule is CC1(c2ccccc2)c2ccccc2-c2ccc(-c3ccc(N(c4ccccc4-c4ccc5c(c4)C(c4ccccc4)(c4ccccc4)c4ccccc4-5)c4cccc5c4sc4ccccc45)cc3)cc21. The minimum atomic E-state index is -0.504. The van der Waals surface area contributed by atoms with Crippen LogP contribution in [0.3, 0.4) is 0 Å². The van der Waals surface area contributed by atoms with E-state index in [1.165, 1.54) is 104 Å². The van der Waals surface area contributed by atoms with Gasteiger partial charge in [0.05, 0.1) is 21.5 Å². The van der Waals surface area contributed by atoms with Gasteiger partial charge >= 0.3 is 0 Å². The highest BCUT2D eigenvalue weighted by Gasteiger charge is 2.46. The van der Waals surface area contributed by atoms with Crippen LogP contribution in [0.5, 0.6) is 0 Å². The van der Waals surface area contributed by atoms with Crippen LogP contribution in [-0.4, -0.2) is 0 Å². The van der Waals surface area contributed by atoms with Crippen molar-refractivity contribution in [3.05, 3.63) is 306 Å². The lowest BCUT2D eigenvalue weighted by atomic mass is 9.67. The van der Waals surface area contributed by atoms with Gasteiger partial charge in [0.1, 0.15) is 0 Å². The average Bonchev–Trinajstić information content (AvgIpc) is 4.07. The third-order valence-corrected chi connectivity index (χ3v) is 16.9. The van der Waals surface area contributed by atoms with E-state index in [2.05, 4.69) is 279 Å². The fourth-order valence-electron chi connectivity index (χ4n) is 12.4. The van der Waals surface area contributed by atoms with Crippen molar-refractivity contribution in [3.8, 4) is 44.5 Å². The molecule has 334 valence electrons. The molecule has 0 fully saturated rings. The van der Waals surface area contributed by atoms with Crippen molar-refractivity contribution in [2.24, 2.45) is 0 Å². The highest BCUT2D eigenvalue weighted by Crippen LogP contribution is 2.58. The zero-order chi connectivity index (χ0) is 47.1. The topological polar surface area (TPSA) is 3.24 Å². The van der Waals surface area contributed by atoms with Crippen LogP contribution in [0.1, 0.15) is 45.9 Å². The highest BCUT2D eigenvalue weighted by molar-refractivity contribution is 7.26. The molecule has 0 radical (unpaired) electrons. The molecule has 2 heteroatoms. The smallest absolute Gasteiger partial charge is 0.0713 e. The van der Waals surface area contributed by atoms with Crippen LogP contribution in [0, 0.1) is 0 Å². The molecule has 0 saturated carbocycles. The Kier molecular flexibility index (Phi) is 9.49. The van der Waals surface area contributed by atoms with Crippen molar-refractivity contribution < 1.29 is 0 Å². The molecule has 14 rings (SSSR count). The van der Waals surface area contributed by atoms with Gasteiger partial charge in [0.15, 0.2) is 0 Å². The van der Waals surface area contributed by atoms with Crippen LogP contribution in [0.25, 0.3) is 64.7 Å². The molecular weight excluding hydrogens is 875 g/mol. The number of fused-ring (bicyclic) bond motifs is 9. The summed E-state index contributed by atoms with van der Waals surface area (Å²) in [4.78, 5) is 2.51. The monoisotopic (exact) mass is 921 g/mol. The van der Waals surface area contributed by atoms with Crippen LogP contribution < -0.4 is 4.90 Å². The Balaban J connectivity index is 0.947. The molecule has 1 nitrogen and oxygen atoms in total. The molecule has 0 amide bonds. The molecule has 71 heavy (non-hydrogen) atoms. The van der Waals surface area contributed by atoms with Gasteiger partial charge in [-0.3, -0.25) is 0 Å². The number of para-hydroxylation sites is 1. The molecule has 0 aliphatic heterocycles. The third kappa shape index (κ3) is 6.18. The van der Waals surface area contributed by atoms with Crippen LogP contribution in [0.4, 0.5) is 17.1 Å². The Bertz CT molecular complexity index is 3960. The fourth-order valence-corrected chi connectivity index (χ4v) is 13.6. The lowest BCUT2D eigenvalue weighted by Crippen LogP contribution is -2.28. The quantitative estimate of drug-likeness (QED) is 0.147. The van der Waals surface area contributed by atoms with Gasteiger partial charge in [-0.25, -0.2) is 0 Å². The molecule has 0 bridgehead atoms. The summed E-state index contributed by atoms with van der Waals surface area (Å²) >= 11 is 1.87. The fraction of sp³-hybridized carbons (Fsp3) is 0.0435. The van der Waals surface area contributed by atoms with E-state index in [9.17, 15) is 0 Å². The van der Waals surface area contributed by atoms with Gasteiger partial charge in [0.2, 0.25) is 0 Å². The maximum atomic E-state index is 2.51. The second-order valence-electron chi connectivity index (χ2n) is 19.2. The van der Waals surface area contributed by atoms with E-state index in [-0.39, 0.29) is 5.41 Å². The standard InChI is InChI=1S/C69H47NS/c1-68(49-20-5-2-6-21-49)60-31-15-11-27-54(60)56-42-38-47(44-62(56)68)46-36-40-52(41-37-46)70(65-34-19-30-59-58-29-14-18-35-66(58)71-67(59)65)64-33-17-13-26-53(64)48-39-43-57-55-28-12-16-32-61(55)69(63(57)45-48,50-22-7-3-8-23-50)51-24-9-4-10-25-51/h2-45H,1H3. The first-order valence-electron chi connectivity index (χ1n) is 24.7. The van der Waals surface area contributed by atoms with Crippen molar-refractivity contribution in [2.45, 2.75) is 17.8 Å². The summed E-state index contributed by atoms with van der Waals surface area (Å²) in [5, 5.41) is 2.56. The first kappa shape index (κ1) is 41.4. The van der Waals surface area contributed by atoms with E-state index in [1.807, 2.05) is 11.3 Å². The van der Waals surface area contributed by atoms with E-state index in [0.717, 1.165) is 17.1 Å². The minimum Gasteiger partial charge on any atom is -0.308 e. The Morgan fingerprint density at radius 3 is 1.54 bits per heavy atom. The largest absolute Gasteiger partial charge is 0.308 e. The van der Waals surface area contributed by atoms with Gasteiger partial charge in [0.25, 0.3) is 0 Å². The summed E-state index contributed by atoms with van der Waals surface area (Å²) in [6.07, 6.45) is 0. The summed E-state index contributed by atoms with van der Waals surface area (Å²) in [7, 11) is 0.